The number of nitrogens with zero attached hydrogens (tertiary/aromatic N) is 2. The molecule has 138 valence electrons. The van der Waals surface area contributed by atoms with Gasteiger partial charge in [0.1, 0.15) is 6.61 Å². The van der Waals surface area contributed by atoms with Crippen molar-refractivity contribution in [3.63, 3.8) is 0 Å². The molecule has 1 aromatic carbocycles. The van der Waals surface area contributed by atoms with E-state index in [2.05, 4.69) is 36.1 Å². The first-order valence-corrected chi connectivity index (χ1v) is 9.52. The molecule has 5 nitrogen and oxygen atoms in total. The number of benzene rings is 1. The van der Waals surface area contributed by atoms with Gasteiger partial charge in [-0.25, -0.2) is 0 Å². The van der Waals surface area contributed by atoms with Crippen LogP contribution in [0, 0.1) is 6.92 Å². The highest BCUT2D eigenvalue weighted by Crippen LogP contribution is 2.21. The van der Waals surface area contributed by atoms with Crippen LogP contribution in [-0.4, -0.2) is 62.9 Å². The summed E-state index contributed by atoms with van der Waals surface area (Å²) in [5.74, 6) is 0.0995. The summed E-state index contributed by atoms with van der Waals surface area (Å²) in [6.07, 6.45) is 4.54. The highest BCUT2D eigenvalue weighted by atomic mass is 16.5. The van der Waals surface area contributed by atoms with Crippen molar-refractivity contribution in [2.24, 2.45) is 0 Å². The molecular formula is C20H30N2O3. The van der Waals surface area contributed by atoms with Crippen molar-refractivity contribution in [3.05, 3.63) is 29.8 Å². The lowest BCUT2D eigenvalue weighted by atomic mass is 10.1. The Morgan fingerprint density at radius 1 is 1.16 bits per heavy atom. The maximum absolute atomic E-state index is 12.4. The summed E-state index contributed by atoms with van der Waals surface area (Å²) in [7, 11) is 0. The highest BCUT2D eigenvalue weighted by Gasteiger charge is 2.21. The second kappa shape index (κ2) is 9.20. The number of rotatable bonds is 5. The lowest BCUT2D eigenvalue weighted by Gasteiger charge is -2.25. The van der Waals surface area contributed by atoms with Gasteiger partial charge in [0, 0.05) is 38.5 Å². The fourth-order valence-corrected chi connectivity index (χ4v) is 3.63. The Bertz CT molecular complexity index is 558. The fourth-order valence-electron chi connectivity index (χ4n) is 3.63. The number of para-hydroxylation sites is 1. The maximum Gasteiger partial charge on any atom is 0.248 e. The van der Waals surface area contributed by atoms with E-state index in [9.17, 15) is 4.79 Å². The van der Waals surface area contributed by atoms with Crippen molar-refractivity contribution < 1.29 is 14.3 Å². The van der Waals surface area contributed by atoms with Gasteiger partial charge in [-0.05, 0) is 44.2 Å². The van der Waals surface area contributed by atoms with Crippen LogP contribution >= 0.6 is 0 Å². The van der Waals surface area contributed by atoms with E-state index in [4.69, 9.17) is 9.47 Å². The molecule has 2 fully saturated rings. The molecule has 0 radical (unpaired) electrons. The largest absolute Gasteiger partial charge is 0.376 e. The van der Waals surface area contributed by atoms with Gasteiger partial charge < -0.3 is 19.3 Å². The first-order valence-electron chi connectivity index (χ1n) is 9.52. The van der Waals surface area contributed by atoms with E-state index in [-0.39, 0.29) is 18.6 Å². The predicted octanol–water partition coefficient (Wildman–Crippen LogP) is 2.62. The van der Waals surface area contributed by atoms with Crippen LogP contribution < -0.4 is 4.90 Å². The Balaban J connectivity index is 1.44. The van der Waals surface area contributed by atoms with Crippen molar-refractivity contribution in [2.45, 2.75) is 38.7 Å². The minimum Gasteiger partial charge on any atom is -0.376 e. The molecule has 3 rings (SSSR count). The summed E-state index contributed by atoms with van der Waals surface area (Å²) < 4.78 is 11.3. The number of anilines is 1. The third-order valence-corrected chi connectivity index (χ3v) is 5.11. The van der Waals surface area contributed by atoms with E-state index in [1.54, 1.807) is 0 Å². The first kappa shape index (κ1) is 18.2. The Kier molecular flexibility index (Phi) is 6.70. The average molecular weight is 346 g/mol. The predicted molar refractivity (Wildman–Crippen MR) is 99.0 cm³/mol. The van der Waals surface area contributed by atoms with Crippen LogP contribution in [-0.2, 0) is 14.3 Å². The van der Waals surface area contributed by atoms with Gasteiger partial charge in [-0.15, -0.1) is 0 Å². The van der Waals surface area contributed by atoms with Crippen LogP contribution in [0.5, 0.6) is 0 Å². The van der Waals surface area contributed by atoms with Crippen molar-refractivity contribution in [1.82, 2.24) is 4.90 Å². The SMILES string of the molecule is Cc1ccccc1N1CCCN(C(=O)COC[C@H]2CCCCO2)CC1. The molecule has 2 saturated heterocycles. The van der Waals surface area contributed by atoms with Crippen LogP contribution in [0.1, 0.15) is 31.2 Å². The molecule has 2 heterocycles. The fraction of sp³-hybridized carbons (Fsp3) is 0.650. The van der Waals surface area contributed by atoms with Crippen molar-refractivity contribution >= 4 is 11.6 Å². The number of carbonyl (C=O) groups is 1. The van der Waals surface area contributed by atoms with Gasteiger partial charge in [-0.3, -0.25) is 4.79 Å². The van der Waals surface area contributed by atoms with Crippen LogP contribution in [0.15, 0.2) is 24.3 Å². The molecular weight excluding hydrogens is 316 g/mol. The zero-order chi connectivity index (χ0) is 17.5. The molecule has 1 atom stereocenters. The molecule has 0 bridgehead atoms. The van der Waals surface area contributed by atoms with Gasteiger partial charge in [0.25, 0.3) is 0 Å². The maximum atomic E-state index is 12.4. The molecule has 1 aromatic rings. The highest BCUT2D eigenvalue weighted by molar-refractivity contribution is 5.77. The topological polar surface area (TPSA) is 42.0 Å². The van der Waals surface area contributed by atoms with E-state index in [0.29, 0.717) is 6.61 Å². The minimum atomic E-state index is 0.0995. The van der Waals surface area contributed by atoms with Gasteiger partial charge in [-0.1, -0.05) is 18.2 Å². The Morgan fingerprint density at radius 2 is 2.04 bits per heavy atom. The van der Waals surface area contributed by atoms with Crippen LogP contribution in [0.3, 0.4) is 0 Å². The van der Waals surface area contributed by atoms with Crippen molar-refractivity contribution in [2.75, 3.05) is 50.9 Å². The molecule has 25 heavy (non-hydrogen) atoms. The van der Waals surface area contributed by atoms with Crippen LogP contribution in [0.2, 0.25) is 0 Å². The lowest BCUT2D eigenvalue weighted by molar-refractivity contribution is -0.138. The van der Waals surface area contributed by atoms with Crippen molar-refractivity contribution in [1.29, 1.82) is 0 Å². The monoisotopic (exact) mass is 346 g/mol. The molecule has 0 unspecified atom stereocenters. The molecule has 5 heteroatoms. The quantitative estimate of drug-likeness (QED) is 0.822. The molecule has 2 aliphatic rings. The number of carbonyl (C=O) groups excluding carboxylic acids is 1. The van der Waals surface area contributed by atoms with E-state index < -0.39 is 0 Å². The second-order valence-electron chi connectivity index (χ2n) is 7.01. The summed E-state index contributed by atoms with van der Waals surface area (Å²) >= 11 is 0. The minimum absolute atomic E-state index is 0.0995. The Hall–Kier alpha value is -1.59. The second-order valence-corrected chi connectivity index (χ2v) is 7.01. The van der Waals surface area contributed by atoms with Gasteiger partial charge in [-0.2, -0.15) is 0 Å². The number of hydrogen-bond acceptors (Lipinski definition) is 4. The number of aryl methyl sites for hydroxylation is 1. The normalized spacial score (nSPS) is 21.9. The van der Waals surface area contributed by atoms with E-state index in [1.807, 2.05) is 4.90 Å². The molecule has 0 N–H and O–H groups in total. The summed E-state index contributed by atoms with van der Waals surface area (Å²) in [6.45, 7) is 7.11. The molecule has 0 aliphatic carbocycles. The number of ether oxygens (including phenoxy) is 2. The van der Waals surface area contributed by atoms with Crippen molar-refractivity contribution in [3.8, 4) is 0 Å². The van der Waals surface area contributed by atoms with Gasteiger partial charge in [0.05, 0.1) is 12.7 Å². The zero-order valence-corrected chi connectivity index (χ0v) is 15.3. The van der Waals surface area contributed by atoms with E-state index in [1.165, 1.54) is 17.7 Å². The zero-order valence-electron chi connectivity index (χ0n) is 15.3. The van der Waals surface area contributed by atoms with Gasteiger partial charge in [0.2, 0.25) is 5.91 Å². The van der Waals surface area contributed by atoms with Gasteiger partial charge >= 0.3 is 0 Å². The Labute approximate surface area is 150 Å². The standard InChI is InChI=1S/C20H30N2O3/c1-17-7-2-3-9-19(17)21-10-6-11-22(13-12-21)20(23)16-24-15-18-8-4-5-14-25-18/h2-3,7,9,18H,4-6,8,10-16H2,1H3/t18-/m1/s1. The molecule has 0 aromatic heterocycles. The molecule has 2 aliphatic heterocycles. The summed E-state index contributed by atoms with van der Waals surface area (Å²) in [5, 5.41) is 0. The lowest BCUT2D eigenvalue weighted by Crippen LogP contribution is -2.38. The van der Waals surface area contributed by atoms with Crippen LogP contribution in [0.4, 0.5) is 5.69 Å². The summed E-state index contributed by atoms with van der Waals surface area (Å²) in [5.41, 5.74) is 2.57. The molecule has 1 amide bonds. The van der Waals surface area contributed by atoms with E-state index in [0.717, 1.165) is 52.0 Å². The first-order chi connectivity index (χ1) is 12.2. The summed E-state index contributed by atoms with van der Waals surface area (Å²) in [6, 6.07) is 8.46. The van der Waals surface area contributed by atoms with Gasteiger partial charge in [0.15, 0.2) is 0 Å². The van der Waals surface area contributed by atoms with E-state index >= 15 is 0 Å². The smallest absolute Gasteiger partial charge is 0.248 e. The van der Waals surface area contributed by atoms with Crippen LogP contribution in [0.25, 0.3) is 0 Å². The Morgan fingerprint density at radius 3 is 2.84 bits per heavy atom. The third-order valence-electron chi connectivity index (χ3n) is 5.11. The molecule has 0 saturated carbocycles. The average Bonchev–Trinajstić information content (AvgIpc) is 2.89. The number of hydrogen-bond donors (Lipinski definition) is 0. The summed E-state index contributed by atoms with van der Waals surface area (Å²) in [4.78, 5) is 16.8. The third kappa shape index (κ3) is 5.19. The number of amides is 1. The molecule has 0 spiro atoms.